The minimum Gasteiger partial charge on any atom is -0.549 e. The summed E-state index contributed by atoms with van der Waals surface area (Å²) in [5.74, 6) is 0.0565. The second kappa shape index (κ2) is 5.63. The summed E-state index contributed by atoms with van der Waals surface area (Å²) < 4.78 is 0. The van der Waals surface area contributed by atoms with Gasteiger partial charge in [0.05, 0.1) is 11.4 Å². The molecule has 1 N–H and O–H groups in total. The third-order valence-corrected chi connectivity index (χ3v) is 5.31. The van der Waals surface area contributed by atoms with Crippen LogP contribution in [0.5, 0.6) is 0 Å². The van der Waals surface area contributed by atoms with Crippen molar-refractivity contribution in [2.75, 3.05) is 0 Å². The van der Waals surface area contributed by atoms with Gasteiger partial charge in [-0.2, -0.15) is 0 Å². The number of aliphatic hydroxyl groups is 1. The zero-order valence-electron chi connectivity index (χ0n) is 12.6. The van der Waals surface area contributed by atoms with Gasteiger partial charge in [0.2, 0.25) is 0 Å². The van der Waals surface area contributed by atoms with Crippen LogP contribution in [-0.2, 0) is 4.79 Å². The highest BCUT2D eigenvalue weighted by molar-refractivity contribution is 5.77. The Labute approximate surface area is 121 Å². The smallest absolute Gasteiger partial charge is 0.105 e. The molecule has 0 amide bonds. The maximum atomic E-state index is 11.9. The van der Waals surface area contributed by atoms with Crippen LogP contribution in [0, 0.1) is 29.1 Å². The Morgan fingerprint density at radius 2 is 2.15 bits per heavy atom. The van der Waals surface area contributed by atoms with Crippen LogP contribution in [0.15, 0.2) is 24.0 Å². The number of carbonyl (C=O) groups excluding carboxylic acids is 1. The number of carbonyl (C=O) groups is 1. The molecule has 20 heavy (non-hydrogen) atoms. The Kier molecular flexibility index (Phi) is 4.26. The summed E-state index contributed by atoms with van der Waals surface area (Å²) in [6.07, 6.45) is 8.47. The van der Waals surface area contributed by atoms with E-state index in [4.69, 9.17) is 0 Å². The zero-order chi connectivity index (χ0) is 14.9. The lowest BCUT2D eigenvalue weighted by Gasteiger charge is -2.50. The van der Waals surface area contributed by atoms with E-state index in [0.29, 0.717) is 24.2 Å². The summed E-state index contributed by atoms with van der Waals surface area (Å²) in [6.45, 7) is 6.47. The van der Waals surface area contributed by atoms with Crippen LogP contribution in [0.4, 0.5) is 0 Å². The second-order valence-corrected chi connectivity index (χ2v) is 6.88. The van der Waals surface area contributed by atoms with E-state index >= 15 is 0 Å². The average Bonchev–Trinajstić information content (AvgIpc) is 2.38. The van der Waals surface area contributed by atoms with E-state index in [1.54, 1.807) is 6.08 Å². The van der Waals surface area contributed by atoms with Gasteiger partial charge in [-0.15, -0.1) is 0 Å². The Morgan fingerprint density at radius 1 is 1.45 bits per heavy atom. The van der Waals surface area contributed by atoms with Gasteiger partial charge in [0.25, 0.3) is 0 Å². The van der Waals surface area contributed by atoms with E-state index < -0.39 is 11.4 Å². The van der Waals surface area contributed by atoms with Crippen LogP contribution < -0.4 is 5.11 Å². The highest BCUT2D eigenvalue weighted by Crippen LogP contribution is 2.52. The molecular formula is C17H25O3-. The van der Waals surface area contributed by atoms with Gasteiger partial charge in [-0.05, 0) is 49.0 Å². The molecule has 2 aliphatic carbocycles. The number of aliphatic carboxylic acids is 1. The summed E-state index contributed by atoms with van der Waals surface area (Å²) in [5.41, 5.74) is -1.22. The van der Waals surface area contributed by atoms with Crippen molar-refractivity contribution in [1.29, 1.82) is 0 Å². The Hall–Kier alpha value is -1.25. The van der Waals surface area contributed by atoms with Crippen LogP contribution >= 0.6 is 0 Å². The van der Waals surface area contributed by atoms with Gasteiger partial charge in [-0.3, -0.25) is 0 Å². The largest absolute Gasteiger partial charge is 0.549 e. The van der Waals surface area contributed by atoms with Crippen molar-refractivity contribution in [2.45, 2.75) is 46.5 Å². The van der Waals surface area contributed by atoms with Crippen molar-refractivity contribution in [3.05, 3.63) is 24.0 Å². The molecular weight excluding hydrogens is 252 g/mol. The van der Waals surface area contributed by atoms with E-state index in [1.807, 2.05) is 6.08 Å². The molecule has 3 heteroatoms. The summed E-state index contributed by atoms with van der Waals surface area (Å²) in [6, 6.07) is 0. The average molecular weight is 277 g/mol. The van der Waals surface area contributed by atoms with Gasteiger partial charge < -0.3 is 15.0 Å². The molecule has 0 spiro atoms. The maximum absolute atomic E-state index is 11.9. The molecule has 0 radical (unpaired) electrons. The Bertz CT molecular complexity index is 436. The molecule has 0 heterocycles. The second-order valence-electron chi connectivity index (χ2n) is 6.88. The minimum absolute atomic E-state index is 0.0234. The molecule has 0 aromatic rings. The minimum atomic E-state index is -1.22. The molecule has 3 nitrogen and oxygen atoms in total. The number of hydrogen-bond donors (Lipinski definition) is 1. The SMILES string of the molecule is CC(C)[C@H]1CC[C@@H](C)CC1[C@]1(C(=O)[O-])CC=CC=C1O. The summed E-state index contributed by atoms with van der Waals surface area (Å²) in [4.78, 5) is 11.9. The lowest BCUT2D eigenvalue weighted by Crippen LogP contribution is -2.53. The van der Waals surface area contributed by atoms with E-state index in [1.165, 1.54) is 6.08 Å². The lowest BCUT2D eigenvalue weighted by molar-refractivity contribution is -0.322. The maximum Gasteiger partial charge on any atom is 0.105 e. The predicted octanol–water partition coefficient (Wildman–Crippen LogP) is 2.83. The quantitative estimate of drug-likeness (QED) is 0.863. The molecule has 1 saturated carbocycles. The van der Waals surface area contributed by atoms with Crippen molar-refractivity contribution in [1.82, 2.24) is 0 Å². The van der Waals surface area contributed by atoms with Crippen LogP contribution in [0.1, 0.15) is 46.5 Å². The fourth-order valence-electron chi connectivity index (χ4n) is 4.12. The number of carboxylic acids is 1. The molecule has 0 aliphatic heterocycles. The molecule has 2 aliphatic rings. The highest BCUT2D eigenvalue weighted by atomic mass is 16.4. The number of rotatable bonds is 3. The zero-order valence-corrected chi connectivity index (χ0v) is 12.6. The molecule has 1 unspecified atom stereocenters. The van der Waals surface area contributed by atoms with Crippen molar-refractivity contribution in [3.8, 4) is 0 Å². The Balaban J connectivity index is 2.43. The van der Waals surface area contributed by atoms with Crippen molar-refractivity contribution in [3.63, 3.8) is 0 Å². The molecule has 4 atom stereocenters. The third kappa shape index (κ3) is 2.38. The van der Waals surface area contributed by atoms with Gasteiger partial charge in [0.1, 0.15) is 5.76 Å². The molecule has 0 saturated heterocycles. The van der Waals surface area contributed by atoms with Crippen LogP contribution in [0.3, 0.4) is 0 Å². The normalized spacial score (nSPS) is 37.8. The van der Waals surface area contributed by atoms with Gasteiger partial charge in [0.15, 0.2) is 0 Å². The molecule has 1 fully saturated rings. The fourth-order valence-corrected chi connectivity index (χ4v) is 4.12. The first-order chi connectivity index (χ1) is 9.39. The first kappa shape index (κ1) is 15.1. The summed E-state index contributed by atoms with van der Waals surface area (Å²) >= 11 is 0. The number of carboxylic acid groups (broad SMARTS) is 1. The van der Waals surface area contributed by atoms with Gasteiger partial charge in [-0.25, -0.2) is 0 Å². The lowest BCUT2D eigenvalue weighted by atomic mass is 9.56. The monoisotopic (exact) mass is 277 g/mol. The first-order valence-electron chi connectivity index (χ1n) is 7.67. The first-order valence-corrected chi connectivity index (χ1v) is 7.67. The summed E-state index contributed by atoms with van der Waals surface area (Å²) in [5, 5.41) is 22.2. The third-order valence-electron chi connectivity index (χ3n) is 5.31. The van der Waals surface area contributed by atoms with Crippen molar-refractivity contribution < 1.29 is 15.0 Å². The van der Waals surface area contributed by atoms with Gasteiger partial charge in [0, 0.05) is 0 Å². The number of hydrogen-bond acceptors (Lipinski definition) is 3. The molecule has 0 aromatic carbocycles. The van der Waals surface area contributed by atoms with Crippen molar-refractivity contribution >= 4 is 5.97 Å². The Morgan fingerprint density at radius 3 is 2.70 bits per heavy atom. The van der Waals surface area contributed by atoms with E-state index in [-0.39, 0.29) is 11.7 Å². The van der Waals surface area contributed by atoms with E-state index in [0.717, 1.165) is 19.3 Å². The molecule has 0 bridgehead atoms. The number of aliphatic hydroxyl groups excluding tert-OH is 1. The molecule has 112 valence electrons. The van der Waals surface area contributed by atoms with Crippen LogP contribution in [-0.4, -0.2) is 11.1 Å². The van der Waals surface area contributed by atoms with Crippen molar-refractivity contribution in [2.24, 2.45) is 29.1 Å². The van der Waals surface area contributed by atoms with E-state index in [9.17, 15) is 15.0 Å². The highest BCUT2D eigenvalue weighted by Gasteiger charge is 2.49. The molecule has 2 rings (SSSR count). The van der Waals surface area contributed by atoms with Gasteiger partial charge >= 0.3 is 0 Å². The van der Waals surface area contributed by atoms with Crippen LogP contribution in [0.2, 0.25) is 0 Å². The summed E-state index contributed by atoms with van der Waals surface area (Å²) in [7, 11) is 0. The van der Waals surface area contributed by atoms with Crippen LogP contribution in [0.25, 0.3) is 0 Å². The topological polar surface area (TPSA) is 60.4 Å². The number of allylic oxidation sites excluding steroid dienone is 3. The fraction of sp³-hybridized carbons (Fsp3) is 0.706. The predicted molar refractivity (Wildman–Crippen MR) is 76.7 cm³/mol. The van der Waals surface area contributed by atoms with E-state index in [2.05, 4.69) is 20.8 Å². The molecule has 0 aromatic heterocycles. The van der Waals surface area contributed by atoms with Gasteiger partial charge in [-0.1, -0.05) is 39.3 Å². The standard InChI is InChI=1S/C17H26O3/c1-11(2)13-8-7-12(3)10-14(13)17(16(19)20)9-5-4-6-15(17)18/h4-6,11-14,18H,7-10H2,1-3H3,(H,19,20)/p-1/t12-,13-,14?,17-/m1/s1.